The lowest BCUT2D eigenvalue weighted by Gasteiger charge is -2.30. The Labute approximate surface area is 73.1 Å². The van der Waals surface area contributed by atoms with Crippen molar-refractivity contribution in [2.24, 2.45) is 0 Å². The molecule has 1 fully saturated rings. The molecule has 0 radical (unpaired) electrons. The van der Waals surface area contributed by atoms with Crippen LogP contribution < -0.4 is 0 Å². The summed E-state index contributed by atoms with van der Waals surface area (Å²) in [5.41, 5.74) is 0. The molecule has 1 aliphatic rings. The highest BCUT2D eigenvalue weighted by Gasteiger charge is 2.16. The molecule has 11 heavy (non-hydrogen) atoms. The summed E-state index contributed by atoms with van der Waals surface area (Å²) >= 11 is 5.53. The maximum absolute atomic E-state index is 9.52. The Bertz CT molecular complexity index is 104. The van der Waals surface area contributed by atoms with Crippen LogP contribution in [0.5, 0.6) is 0 Å². The minimum atomic E-state index is -0.298. The van der Waals surface area contributed by atoms with Crippen LogP contribution in [0.4, 0.5) is 0 Å². The molecule has 2 nitrogen and oxygen atoms in total. The van der Waals surface area contributed by atoms with Crippen LogP contribution >= 0.6 is 11.6 Å². The molecule has 66 valence electrons. The van der Waals surface area contributed by atoms with Crippen LogP contribution in [-0.4, -0.2) is 35.2 Å². The molecule has 0 aromatic carbocycles. The van der Waals surface area contributed by atoms with E-state index in [0.29, 0.717) is 12.3 Å². The van der Waals surface area contributed by atoms with Gasteiger partial charge in [-0.3, -0.25) is 4.90 Å². The molecule has 1 aliphatic heterocycles. The first-order valence-corrected chi connectivity index (χ1v) is 4.86. The number of rotatable bonds is 3. The third-order valence-electron chi connectivity index (χ3n) is 2.18. The van der Waals surface area contributed by atoms with Crippen LogP contribution in [-0.2, 0) is 0 Å². The Balaban J connectivity index is 2.21. The molecule has 1 heterocycles. The van der Waals surface area contributed by atoms with Gasteiger partial charge in [-0.25, -0.2) is 0 Å². The first-order valence-electron chi connectivity index (χ1n) is 4.32. The highest BCUT2D eigenvalue weighted by atomic mass is 35.5. The molecule has 3 heteroatoms. The van der Waals surface area contributed by atoms with Gasteiger partial charge in [-0.05, 0) is 12.8 Å². The summed E-state index contributed by atoms with van der Waals surface area (Å²) in [6.45, 7) is 2.08. The second-order valence-electron chi connectivity index (χ2n) is 3.05. The van der Waals surface area contributed by atoms with E-state index in [4.69, 9.17) is 11.6 Å². The van der Waals surface area contributed by atoms with Gasteiger partial charge in [-0.1, -0.05) is 6.42 Å². The highest BCUT2D eigenvalue weighted by molar-refractivity contribution is 6.17. The lowest BCUT2D eigenvalue weighted by Crippen LogP contribution is -2.39. The minimum absolute atomic E-state index is 0.298. The number of likely N-dealkylation sites (tertiary alicyclic amines) is 1. The maximum atomic E-state index is 9.52. The Morgan fingerprint density at radius 2 is 1.91 bits per heavy atom. The van der Waals surface area contributed by atoms with E-state index in [1.165, 1.54) is 19.3 Å². The first kappa shape index (κ1) is 9.30. The number of aliphatic hydroxyl groups excluding tert-OH is 1. The molecule has 0 bridgehead atoms. The van der Waals surface area contributed by atoms with E-state index < -0.39 is 0 Å². The van der Waals surface area contributed by atoms with Gasteiger partial charge in [0.05, 0.1) is 0 Å². The zero-order chi connectivity index (χ0) is 8.10. The van der Waals surface area contributed by atoms with E-state index in [9.17, 15) is 5.11 Å². The molecule has 1 atom stereocenters. The van der Waals surface area contributed by atoms with Gasteiger partial charge in [-0.15, -0.1) is 11.6 Å². The molecule has 0 spiro atoms. The zero-order valence-corrected chi connectivity index (χ0v) is 7.56. The third-order valence-corrected chi connectivity index (χ3v) is 2.40. The number of hydrogen-bond acceptors (Lipinski definition) is 2. The molecular weight excluding hydrogens is 162 g/mol. The predicted octanol–water partition coefficient (Wildman–Crippen LogP) is 1.42. The largest absolute Gasteiger partial charge is 0.378 e. The van der Waals surface area contributed by atoms with E-state index in [0.717, 1.165) is 13.1 Å². The van der Waals surface area contributed by atoms with Gasteiger partial charge >= 0.3 is 0 Å². The summed E-state index contributed by atoms with van der Waals surface area (Å²) in [4.78, 5) is 2.12. The van der Waals surface area contributed by atoms with Crippen LogP contribution in [0.15, 0.2) is 0 Å². The monoisotopic (exact) mass is 177 g/mol. The molecule has 1 unspecified atom stereocenters. The second kappa shape index (κ2) is 4.96. The quantitative estimate of drug-likeness (QED) is 0.660. The summed E-state index contributed by atoms with van der Waals surface area (Å²) in [7, 11) is 0. The Kier molecular flexibility index (Phi) is 4.20. The van der Waals surface area contributed by atoms with Gasteiger partial charge in [-0.2, -0.15) is 0 Å². The first-order chi connectivity index (χ1) is 5.34. The normalized spacial score (nSPS) is 23.5. The summed E-state index contributed by atoms with van der Waals surface area (Å²) < 4.78 is 0. The minimum Gasteiger partial charge on any atom is -0.378 e. The number of aliphatic hydroxyl groups is 1. The number of alkyl halides is 1. The third kappa shape index (κ3) is 2.97. The molecule has 0 amide bonds. The zero-order valence-electron chi connectivity index (χ0n) is 6.80. The van der Waals surface area contributed by atoms with Crippen molar-refractivity contribution in [3.8, 4) is 0 Å². The van der Waals surface area contributed by atoms with Crippen LogP contribution in [0.3, 0.4) is 0 Å². The summed E-state index contributed by atoms with van der Waals surface area (Å²) in [6, 6.07) is 0. The van der Waals surface area contributed by atoms with Crippen molar-refractivity contribution in [1.29, 1.82) is 0 Å². The standard InChI is InChI=1S/C8H16ClNO/c9-5-4-8(11)10-6-2-1-3-7-10/h8,11H,1-7H2. The molecular formula is C8H16ClNO. The van der Waals surface area contributed by atoms with Crippen molar-refractivity contribution in [3.05, 3.63) is 0 Å². The Hall–Kier alpha value is 0.210. The molecule has 0 aromatic rings. The molecule has 1 N–H and O–H groups in total. The average Bonchev–Trinajstić information content (AvgIpc) is 2.07. The van der Waals surface area contributed by atoms with Gasteiger partial charge in [0.15, 0.2) is 0 Å². The van der Waals surface area contributed by atoms with Crippen molar-refractivity contribution >= 4 is 11.6 Å². The summed E-state index contributed by atoms with van der Waals surface area (Å²) in [5.74, 6) is 0.553. The van der Waals surface area contributed by atoms with Gasteiger partial charge in [0.2, 0.25) is 0 Å². The van der Waals surface area contributed by atoms with E-state index in [-0.39, 0.29) is 6.23 Å². The van der Waals surface area contributed by atoms with E-state index in [1.54, 1.807) is 0 Å². The SMILES string of the molecule is OC(CCCl)N1CCCCC1. The van der Waals surface area contributed by atoms with Crippen molar-refractivity contribution in [3.63, 3.8) is 0 Å². The Morgan fingerprint density at radius 1 is 1.27 bits per heavy atom. The number of piperidine rings is 1. The fourth-order valence-corrected chi connectivity index (χ4v) is 1.69. The van der Waals surface area contributed by atoms with E-state index in [1.807, 2.05) is 0 Å². The van der Waals surface area contributed by atoms with Crippen molar-refractivity contribution < 1.29 is 5.11 Å². The maximum Gasteiger partial charge on any atom is 0.108 e. The molecule has 0 aromatic heterocycles. The topological polar surface area (TPSA) is 23.5 Å². The van der Waals surface area contributed by atoms with Crippen molar-refractivity contribution in [1.82, 2.24) is 4.90 Å². The smallest absolute Gasteiger partial charge is 0.108 e. The molecule has 1 saturated heterocycles. The number of halogens is 1. The fourth-order valence-electron chi connectivity index (χ4n) is 1.50. The van der Waals surface area contributed by atoms with Gasteiger partial charge in [0.1, 0.15) is 6.23 Å². The Morgan fingerprint density at radius 3 is 2.45 bits per heavy atom. The number of nitrogens with zero attached hydrogens (tertiary/aromatic N) is 1. The highest BCUT2D eigenvalue weighted by Crippen LogP contribution is 2.12. The van der Waals surface area contributed by atoms with Crippen molar-refractivity contribution in [2.45, 2.75) is 31.9 Å². The van der Waals surface area contributed by atoms with Crippen LogP contribution in [0, 0.1) is 0 Å². The van der Waals surface area contributed by atoms with Crippen LogP contribution in [0.25, 0.3) is 0 Å². The van der Waals surface area contributed by atoms with Gasteiger partial charge in [0.25, 0.3) is 0 Å². The van der Waals surface area contributed by atoms with E-state index in [2.05, 4.69) is 4.90 Å². The fraction of sp³-hybridized carbons (Fsp3) is 1.00. The average molecular weight is 178 g/mol. The number of hydrogen-bond donors (Lipinski definition) is 1. The lowest BCUT2D eigenvalue weighted by molar-refractivity contribution is -0.00925. The lowest BCUT2D eigenvalue weighted by atomic mass is 10.1. The second-order valence-corrected chi connectivity index (χ2v) is 3.43. The molecule has 0 saturated carbocycles. The molecule has 1 rings (SSSR count). The van der Waals surface area contributed by atoms with E-state index >= 15 is 0 Å². The van der Waals surface area contributed by atoms with Gasteiger partial charge < -0.3 is 5.11 Å². The predicted molar refractivity (Wildman–Crippen MR) is 46.8 cm³/mol. The van der Waals surface area contributed by atoms with Crippen LogP contribution in [0.2, 0.25) is 0 Å². The van der Waals surface area contributed by atoms with Gasteiger partial charge in [0, 0.05) is 25.4 Å². The molecule has 0 aliphatic carbocycles. The van der Waals surface area contributed by atoms with Crippen LogP contribution in [0.1, 0.15) is 25.7 Å². The van der Waals surface area contributed by atoms with Crippen molar-refractivity contribution in [2.75, 3.05) is 19.0 Å². The summed E-state index contributed by atoms with van der Waals surface area (Å²) in [5, 5.41) is 9.52. The summed E-state index contributed by atoms with van der Waals surface area (Å²) in [6.07, 6.45) is 4.15.